The Bertz CT molecular complexity index is 1030. The van der Waals surface area contributed by atoms with Gasteiger partial charge in [0.05, 0.1) is 26.1 Å². The van der Waals surface area contributed by atoms with E-state index < -0.39 is 0 Å². The Morgan fingerprint density at radius 1 is 0.767 bits per heavy atom. The van der Waals surface area contributed by atoms with E-state index in [4.69, 9.17) is 9.47 Å². The molecule has 0 atom stereocenters. The first kappa shape index (κ1) is 21.2. The maximum atomic E-state index is 12.3. The molecule has 30 heavy (non-hydrogen) atoms. The van der Waals surface area contributed by atoms with E-state index in [-0.39, 0.29) is 24.7 Å². The average molecular weight is 406 g/mol. The number of fused-ring (bicyclic) bond motifs is 1. The molecular formula is C24H26N2O4. The van der Waals surface area contributed by atoms with Crippen LogP contribution in [0.3, 0.4) is 0 Å². The molecule has 3 rings (SSSR count). The molecule has 156 valence electrons. The van der Waals surface area contributed by atoms with Crippen molar-refractivity contribution in [2.45, 2.75) is 26.7 Å². The van der Waals surface area contributed by atoms with Crippen LogP contribution >= 0.6 is 0 Å². The summed E-state index contributed by atoms with van der Waals surface area (Å²) in [5.41, 5.74) is 6.65. The van der Waals surface area contributed by atoms with Crippen LogP contribution in [-0.2, 0) is 22.4 Å². The Morgan fingerprint density at radius 3 is 2.20 bits per heavy atom. The van der Waals surface area contributed by atoms with Crippen LogP contribution in [0, 0.1) is 0 Å². The van der Waals surface area contributed by atoms with Crippen molar-refractivity contribution in [3.63, 3.8) is 0 Å². The summed E-state index contributed by atoms with van der Waals surface area (Å²) in [6.07, 6.45) is 0.292. The lowest BCUT2D eigenvalue weighted by molar-refractivity contribution is -0.128. The molecule has 0 bridgehead atoms. The molecule has 0 saturated heterocycles. The number of rotatable bonds is 8. The molecule has 0 aromatic heterocycles. The van der Waals surface area contributed by atoms with Gasteiger partial charge in [-0.1, -0.05) is 48.5 Å². The number of hydrogen-bond acceptors (Lipinski definition) is 4. The fraction of sp³-hybridized carbons (Fsp3) is 0.250. The summed E-state index contributed by atoms with van der Waals surface area (Å²) in [5, 5.41) is 2.10. The molecule has 0 fully saturated rings. The second-order valence-corrected chi connectivity index (χ2v) is 6.74. The van der Waals surface area contributed by atoms with Gasteiger partial charge in [-0.2, -0.15) is 0 Å². The highest BCUT2D eigenvalue weighted by Gasteiger charge is 2.11. The standard InChI is InChI=1S/C24H26N2O4/c1-3-29-21-13-12-17(14-22(21)30-4-2)15-23(27)25-26-24(28)16-19-10-7-9-18-8-5-6-11-20(18)19/h5-14H,3-4,15-16H2,1-2H3,(H,25,27)(H,26,28). The van der Waals surface area contributed by atoms with Crippen LogP contribution < -0.4 is 20.3 Å². The van der Waals surface area contributed by atoms with Gasteiger partial charge in [0.2, 0.25) is 11.8 Å². The molecule has 2 amide bonds. The van der Waals surface area contributed by atoms with Gasteiger partial charge in [0, 0.05) is 0 Å². The topological polar surface area (TPSA) is 76.7 Å². The highest BCUT2D eigenvalue weighted by Crippen LogP contribution is 2.28. The molecule has 0 aliphatic carbocycles. The molecule has 0 radical (unpaired) electrons. The summed E-state index contributed by atoms with van der Waals surface area (Å²) in [4.78, 5) is 24.6. The highest BCUT2D eigenvalue weighted by molar-refractivity contribution is 5.91. The van der Waals surface area contributed by atoms with Crippen LogP contribution in [0.15, 0.2) is 60.7 Å². The maximum Gasteiger partial charge on any atom is 0.242 e. The molecule has 2 N–H and O–H groups in total. The molecule has 3 aromatic carbocycles. The number of amides is 2. The van der Waals surface area contributed by atoms with Crippen LogP contribution in [0.4, 0.5) is 0 Å². The van der Waals surface area contributed by atoms with Crippen LogP contribution in [0.2, 0.25) is 0 Å². The largest absolute Gasteiger partial charge is 0.490 e. The number of carbonyl (C=O) groups excluding carboxylic acids is 2. The fourth-order valence-electron chi connectivity index (χ4n) is 3.24. The van der Waals surface area contributed by atoms with Crippen molar-refractivity contribution in [2.24, 2.45) is 0 Å². The van der Waals surface area contributed by atoms with Crippen molar-refractivity contribution >= 4 is 22.6 Å². The summed E-state index contributed by atoms with van der Waals surface area (Å²) >= 11 is 0. The van der Waals surface area contributed by atoms with E-state index in [9.17, 15) is 9.59 Å². The van der Waals surface area contributed by atoms with Crippen LogP contribution in [0.5, 0.6) is 11.5 Å². The predicted molar refractivity (Wildman–Crippen MR) is 116 cm³/mol. The van der Waals surface area contributed by atoms with Gasteiger partial charge < -0.3 is 9.47 Å². The minimum absolute atomic E-state index is 0.112. The van der Waals surface area contributed by atoms with Crippen molar-refractivity contribution in [3.8, 4) is 11.5 Å². The Labute approximate surface area is 176 Å². The van der Waals surface area contributed by atoms with E-state index in [0.717, 1.165) is 21.9 Å². The van der Waals surface area contributed by atoms with Crippen LogP contribution in [0.1, 0.15) is 25.0 Å². The number of hydrazine groups is 1. The Kier molecular flexibility index (Phi) is 7.27. The van der Waals surface area contributed by atoms with Gasteiger partial charge in [-0.05, 0) is 47.9 Å². The zero-order valence-electron chi connectivity index (χ0n) is 17.2. The van der Waals surface area contributed by atoms with E-state index in [2.05, 4.69) is 10.9 Å². The Balaban J connectivity index is 1.56. The van der Waals surface area contributed by atoms with Crippen molar-refractivity contribution in [1.82, 2.24) is 10.9 Å². The molecule has 6 nitrogen and oxygen atoms in total. The zero-order chi connectivity index (χ0) is 21.3. The number of benzene rings is 3. The smallest absolute Gasteiger partial charge is 0.242 e. The predicted octanol–water partition coefficient (Wildman–Crippen LogP) is 3.57. The molecule has 0 heterocycles. The van der Waals surface area contributed by atoms with Crippen LogP contribution in [-0.4, -0.2) is 25.0 Å². The third-order valence-electron chi connectivity index (χ3n) is 4.54. The minimum atomic E-state index is -0.312. The molecule has 0 spiro atoms. The molecule has 0 unspecified atom stereocenters. The third kappa shape index (κ3) is 5.50. The van der Waals surface area contributed by atoms with Gasteiger partial charge in [0.1, 0.15) is 0 Å². The Morgan fingerprint density at radius 2 is 1.43 bits per heavy atom. The maximum absolute atomic E-state index is 12.3. The van der Waals surface area contributed by atoms with E-state index in [1.54, 1.807) is 12.1 Å². The Hall–Kier alpha value is -3.54. The normalized spacial score (nSPS) is 10.5. The molecule has 3 aromatic rings. The van der Waals surface area contributed by atoms with E-state index in [1.807, 2.05) is 62.4 Å². The first-order valence-electron chi connectivity index (χ1n) is 10.0. The number of hydrogen-bond donors (Lipinski definition) is 2. The lowest BCUT2D eigenvalue weighted by Gasteiger charge is -2.13. The average Bonchev–Trinajstić information content (AvgIpc) is 2.75. The van der Waals surface area contributed by atoms with Crippen molar-refractivity contribution in [3.05, 3.63) is 71.8 Å². The van der Waals surface area contributed by atoms with Gasteiger partial charge in [-0.3, -0.25) is 20.4 Å². The number of ether oxygens (including phenoxy) is 2. The molecule has 0 aliphatic rings. The molecule has 6 heteroatoms. The third-order valence-corrected chi connectivity index (χ3v) is 4.54. The van der Waals surface area contributed by atoms with Crippen LogP contribution in [0.25, 0.3) is 10.8 Å². The van der Waals surface area contributed by atoms with Gasteiger partial charge in [0.15, 0.2) is 11.5 Å². The number of carbonyl (C=O) groups is 2. The minimum Gasteiger partial charge on any atom is -0.490 e. The summed E-state index contributed by atoms with van der Waals surface area (Å²) in [5.74, 6) is 0.658. The summed E-state index contributed by atoms with van der Waals surface area (Å²) in [6.45, 7) is 4.82. The fourth-order valence-corrected chi connectivity index (χ4v) is 3.24. The highest BCUT2D eigenvalue weighted by atomic mass is 16.5. The lowest BCUT2D eigenvalue weighted by atomic mass is 10.0. The van der Waals surface area contributed by atoms with Gasteiger partial charge in [0.25, 0.3) is 0 Å². The first-order valence-corrected chi connectivity index (χ1v) is 10.0. The molecule has 0 saturated carbocycles. The number of nitrogens with one attached hydrogen (secondary N) is 2. The summed E-state index contributed by atoms with van der Waals surface area (Å²) < 4.78 is 11.1. The quantitative estimate of drug-likeness (QED) is 0.561. The van der Waals surface area contributed by atoms with Crippen molar-refractivity contribution in [1.29, 1.82) is 0 Å². The van der Waals surface area contributed by atoms with E-state index in [0.29, 0.717) is 24.7 Å². The van der Waals surface area contributed by atoms with Crippen molar-refractivity contribution < 1.29 is 19.1 Å². The lowest BCUT2D eigenvalue weighted by Crippen LogP contribution is -2.43. The van der Waals surface area contributed by atoms with Gasteiger partial charge >= 0.3 is 0 Å². The summed E-state index contributed by atoms with van der Waals surface area (Å²) in [6, 6.07) is 19.1. The second kappa shape index (κ2) is 10.3. The summed E-state index contributed by atoms with van der Waals surface area (Å²) in [7, 11) is 0. The SMILES string of the molecule is CCOc1ccc(CC(=O)NNC(=O)Cc2cccc3ccccc23)cc1OCC. The molecular weight excluding hydrogens is 380 g/mol. The molecule has 0 aliphatic heterocycles. The van der Waals surface area contributed by atoms with Gasteiger partial charge in [-0.15, -0.1) is 0 Å². The zero-order valence-corrected chi connectivity index (χ0v) is 17.2. The van der Waals surface area contributed by atoms with Crippen molar-refractivity contribution in [2.75, 3.05) is 13.2 Å². The van der Waals surface area contributed by atoms with E-state index in [1.165, 1.54) is 0 Å². The van der Waals surface area contributed by atoms with Gasteiger partial charge in [-0.25, -0.2) is 0 Å². The second-order valence-electron chi connectivity index (χ2n) is 6.74. The first-order chi connectivity index (χ1) is 14.6. The van der Waals surface area contributed by atoms with E-state index >= 15 is 0 Å². The monoisotopic (exact) mass is 406 g/mol.